The largest absolute Gasteiger partial charge is 0.489 e. The van der Waals surface area contributed by atoms with Crippen LogP contribution in [-0.2, 0) is 16.0 Å². The van der Waals surface area contributed by atoms with E-state index in [9.17, 15) is 9.59 Å². The zero-order chi connectivity index (χ0) is 21.2. The number of rotatable bonds is 8. The van der Waals surface area contributed by atoms with E-state index in [1.165, 1.54) is 6.92 Å². The van der Waals surface area contributed by atoms with Gasteiger partial charge >= 0.3 is 5.97 Å². The van der Waals surface area contributed by atoms with Crippen molar-refractivity contribution in [1.29, 1.82) is 0 Å². The molecule has 1 aliphatic carbocycles. The Labute approximate surface area is 173 Å². The molecule has 0 spiro atoms. The number of carbonyl (C=O) groups excluding carboxylic acids is 2. The van der Waals surface area contributed by atoms with Crippen molar-refractivity contribution in [1.82, 2.24) is 0 Å². The van der Waals surface area contributed by atoms with Crippen molar-refractivity contribution in [2.45, 2.75) is 39.4 Å². The molecule has 2 aromatic carbocycles. The molecular formula is C24H28O4Si. The molecule has 0 atom stereocenters. The van der Waals surface area contributed by atoms with Gasteiger partial charge < -0.3 is 9.47 Å². The standard InChI is InChI=1S/C24H28O4Si/c1-6-13-28-21-15-20-17-10-7-8-11-18(17)23(26)22(20)24(29(3,4)5)19(21)12-9-14-27-16(2)25/h6-8,10-11,15H,1,9,12-14H2,2-5H3. The van der Waals surface area contributed by atoms with Gasteiger partial charge in [-0.2, -0.15) is 0 Å². The predicted octanol–water partition coefficient (Wildman–Crippen LogP) is 4.50. The summed E-state index contributed by atoms with van der Waals surface area (Å²) in [6.07, 6.45) is 3.10. The van der Waals surface area contributed by atoms with E-state index in [1.54, 1.807) is 6.08 Å². The lowest BCUT2D eigenvalue weighted by Crippen LogP contribution is -2.44. The maximum atomic E-state index is 13.3. The van der Waals surface area contributed by atoms with Crippen LogP contribution in [0.3, 0.4) is 0 Å². The van der Waals surface area contributed by atoms with Gasteiger partial charge in [-0.05, 0) is 40.8 Å². The maximum absolute atomic E-state index is 13.3. The molecule has 0 saturated heterocycles. The average Bonchev–Trinajstić information content (AvgIpc) is 2.94. The second kappa shape index (κ2) is 8.37. The van der Waals surface area contributed by atoms with Gasteiger partial charge in [0.05, 0.1) is 14.7 Å². The van der Waals surface area contributed by atoms with Crippen LogP contribution < -0.4 is 9.92 Å². The summed E-state index contributed by atoms with van der Waals surface area (Å²) in [4.78, 5) is 24.5. The maximum Gasteiger partial charge on any atom is 0.302 e. The Hall–Kier alpha value is -2.66. The Balaban J connectivity index is 2.17. The smallest absolute Gasteiger partial charge is 0.302 e. The van der Waals surface area contributed by atoms with Gasteiger partial charge in [-0.15, -0.1) is 0 Å². The molecule has 0 N–H and O–H groups in total. The molecule has 29 heavy (non-hydrogen) atoms. The summed E-state index contributed by atoms with van der Waals surface area (Å²) in [5.41, 5.74) is 4.60. The van der Waals surface area contributed by atoms with E-state index < -0.39 is 8.07 Å². The molecule has 0 saturated carbocycles. The molecule has 0 bridgehead atoms. The van der Waals surface area contributed by atoms with Crippen LogP contribution in [0.1, 0.15) is 34.8 Å². The first-order valence-corrected chi connectivity index (χ1v) is 13.5. The molecule has 3 rings (SSSR count). The molecule has 0 radical (unpaired) electrons. The van der Waals surface area contributed by atoms with E-state index in [-0.39, 0.29) is 11.8 Å². The number of hydrogen-bond acceptors (Lipinski definition) is 4. The molecule has 0 heterocycles. The van der Waals surface area contributed by atoms with Crippen molar-refractivity contribution in [3.05, 3.63) is 59.7 Å². The van der Waals surface area contributed by atoms with E-state index in [4.69, 9.17) is 9.47 Å². The fraction of sp³-hybridized carbons (Fsp3) is 0.333. The fourth-order valence-corrected chi connectivity index (χ4v) is 6.17. The van der Waals surface area contributed by atoms with Gasteiger partial charge in [0.15, 0.2) is 5.78 Å². The van der Waals surface area contributed by atoms with Crippen LogP contribution in [0.4, 0.5) is 0 Å². The third kappa shape index (κ3) is 4.20. The molecule has 5 heteroatoms. The summed E-state index contributed by atoms with van der Waals surface area (Å²) in [6.45, 7) is 12.7. The SMILES string of the molecule is C=CCOc1cc2c(c([Si](C)(C)C)c1CCCOC(C)=O)C(=O)c1ccccc1-2. The molecule has 0 aromatic heterocycles. The quantitative estimate of drug-likeness (QED) is 0.238. The number of ketones is 1. The van der Waals surface area contributed by atoms with Crippen molar-refractivity contribution in [3.8, 4) is 16.9 Å². The lowest BCUT2D eigenvalue weighted by molar-refractivity contribution is -0.141. The number of hydrogen-bond donors (Lipinski definition) is 0. The molecule has 0 fully saturated rings. The monoisotopic (exact) mass is 408 g/mol. The summed E-state index contributed by atoms with van der Waals surface area (Å²) in [5, 5.41) is 1.15. The number of esters is 1. The number of ether oxygens (including phenoxy) is 2. The third-order valence-electron chi connectivity index (χ3n) is 5.07. The molecule has 152 valence electrons. The second-order valence-corrected chi connectivity index (χ2v) is 13.3. The normalized spacial score (nSPS) is 12.3. The topological polar surface area (TPSA) is 52.6 Å². The van der Waals surface area contributed by atoms with E-state index in [0.29, 0.717) is 26.1 Å². The molecular weight excluding hydrogens is 380 g/mol. The average molecular weight is 409 g/mol. The van der Waals surface area contributed by atoms with Crippen LogP contribution >= 0.6 is 0 Å². The van der Waals surface area contributed by atoms with Gasteiger partial charge in [0.1, 0.15) is 12.4 Å². The summed E-state index contributed by atoms with van der Waals surface area (Å²) in [6, 6.07) is 9.78. The van der Waals surface area contributed by atoms with Gasteiger partial charge in [-0.25, -0.2) is 0 Å². The van der Waals surface area contributed by atoms with Crippen LogP contribution in [-0.4, -0.2) is 33.0 Å². The number of benzene rings is 2. The van der Waals surface area contributed by atoms with Crippen LogP contribution in [0.15, 0.2) is 43.0 Å². The summed E-state index contributed by atoms with van der Waals surface area (Å²) in [7, 11) is -1.90. The van der Waals surface area contributed by atoms with Crippen molar-refractivity contribution in [2.24, 2.45) is 0 Å². The van der Waals surface area contributed by atoms with Gasteiger partial charge in [-0.1, -0.05) is 56.6 Å². The Bertz CT molecular complexity index is 970. The van der Waals surface area contributed by atoms with Crippen molar-refractivity contribution in [2.75, 3.05) is 13.2 Å². The summed E-state index contributed by atoms with van der Waals surface area (Å²) in [5.74, 6) is 0.621. The third-order valence-corrected chi connectivity index (χ3v) is 7.12. The summed E-state index contributed by atoms with van der Waals surface area (Å²) >= 11 is 0. The molecule has 0 aliphatic heterocycles. The Morgan fingerprint density at radius 3 is 2.45 bits per heavy atom. The molecule has 0 unspecified atom stereocenters. The Morgan fingerprint density at radius 1 is 1.14 bits per heavy atom. The molecule has 0 amide bonds. The van der Waals surface area contributed by atoms with E-state index in [2.05, 4.69) is 26.2 Å². The van der Waals surface area contributed by atoms with Crippen LogP contribution in [0, 0.1) is 0 Å². The van der Waals surface area contributed by atoms with Crippen molar-refractivity contribution >= 4 is 25.0 Å². The minimum atomic E-state index is -1.90. The second-order valence-electron chi connectivity index (χ2n) is 8.32. The van der Waals surface area contributed by atoms with Gasteiger partial charge in [-0.3, -0.25) is 9.59 Å². The molecule has 1 aliphatic rings. The highest BCUT2D eigenvalue weighted by molar-refractivity contribution is 6.90. The number of fused-ring (bicyclic) bond motifs is 3. The first-order valence-electron chi connectivity index (χ1n) is 9.97. The molecule has 2 aromatic rings. The predicted molar refractivity (Wildman–Crippen MR) is 119 cm³/mol. The highest BCUT2D eigenvalue weighted by Crippen LogP contribution is 2.40. The van der Waals surface area contributed by atoms with Gasteiger partial charge in [0.2, 0.25) is 0 Å². The van der Waals surface area contributed by atoms with E-state index in [1.807, 2.05) is 30.3 Å². The first kappa shape index (κ1) is 21.1. The minimum Gasteiger partial charge on any atom is -0.489 e. The zero-order valence-corrected chi connectivity index (χ0v) is 18.6. The Morgan fingerprint density at radius 2 is 1.83 bits per heavy atom. The zero-order valence-electron chi connectivity index (χ0n) is 17.6. The van der Waals surface area contributed by atoms with Crippen LogP contribution in [0.2, 0.25) is 19.6 Å². The summed E-state index contributed by atoms with van der Waals surface area (Å²) < 4.78 is 11.2. The Kier molecular flexibility index (Phi) is 6.08. The van der Waals surface area contributed by atoms with Gasteiger partial charge in [0.25, 0.3) is 0 Å². The number of carbonyl (C=O) groups is 2. The fourth-order valence-electron chi connectivity index (χ4n) is 4.02. The highest BCUT2D eigenvalue weighted by atomic mass is 28.3. The minimum absolute atomic E-state index is 0.101. The van der Waals surface area contributed by atoms with Gasteiger partial charge in [0, 0.05) is 18.1 Å². The van der Waals surface area contributed by atoms with Crippen LogP contribution in [0.25, 0.3) is 11.1 Å². The molecule has 4 nitrogen and oxygen atoms in total. The van der Waals surface area contributed by atoms with Crippen molar-refractivity contribution < 1.29 is 19.1 Å². The van der Waals surface area contributed by atoms with E-state index >= 15 is 0 Å². The lowest BCUT2D eigenvalue weighted by Gasteiger charge is -2.27. The first-order chi connectivity index (χ1) is 13.8. The van der Waals surface area contributed by atoms with E-state index in [0.717, 1.165) is 38.8 Å². The lowest BCUT2D eigenvalue weighted by atomic mass is 9.99. The highest BCUT2D eigenvalue weighted by Gasteiger charge is 2.36. The van der Waals surface area contributed by atoms with Crippen molar-refractivity contribution in [3.63, 3.8) is 0 Å². The van der Waals surface area contributed by atoms with Crippen LogP contribution in [0.5, 0.6) is 5.75 Å².